The van der Waals surface area contributed by atoms with Gasteiger partial charge in [-0.1, -0.05) is 32.9 Å². The Balaban J connectivity index is 1.92. The Kier molecular flexibility index (Phi) is 6.85. The Labute approximate surface area is 167 Å². The van der Waals surface area contributed by atoms with Crippen molar-refractivity contribution in [3.05, 3.63) is 52.0 Å². The molecular weight excluding hydrogens is 412 g/mol. The molecule has 0 heterocycles. The van der Waals surface area contributed by atoms with Crippen molar-refractivity contribution in [2.75, 3.05) is 13.7 Å². The van der Waals surface area contributed by atoms with E-state index >= 15 is 0 Å². The van der Waals surface area contributed by atoms with E-state index in [9.17, 15) is 9.90 Å². The number of para-hydroxylation sites is 1. The number of phenolic OH excluding ortho intramolecular Hbond substituents is 1. The number of phenols is 1. The number of rotatable bonds is 6. The number of halogens is 1. The van der Waals surface area contributed by atoms with Crippen LogP contribution in [0.4, 0.5) is 0 Å². The summed E-state index contributed by atoms with van der Waals surface area (Å²) in [6.45, 7) is 6.19. The number of hydrogen-bond acceptors (Lipinski definition) is 5. The summed E-state index contributed by atoms with van der Waals surface area (Å²) in [6, 6.07) is 10.8. The van der Waals surface area contributed by atoms with Crippen LogP contribution in [0, 0.1) is 0 Å². The van der Waals surface area contributed by atoms with Gasteiger partial charge in [-0.05, 0) is 51.2 Å². The zero-order valence-corrected chi connectivity index (χ0v) is 17.3. The summed E-state index contributed by atoms with van der Waals surface area (Å²) in [5.41, 5.74) is 3.97. The fourth-order valence-electron chi connectivity index (χ4n) is 2.24. The van der Waals surface area contributed by atoms with Crippen LogP contribution in [0.5, 0.6) is 17.2 Å². The summed E-state index contributed by atoms with van der Waals surface area (Å²) in [4.78, 5) is 11.9. The zero-order valence-electron chi connectivity index (χ0n) is 15.7. The second kappa shape index (κ2) is 8.90. The topological polar surface area (TPSA) is 80.2 Å². The molecule has 0 fully saturated rings. The summed E-state index contributed by atoms with van der Waals surface area (Å²) < 4.78 is 11.3. The van der Waals surface area contributed by atoms with Crippen molar-refractivity contribution in [3.63, 3.8) is 0 Å². The fourth-order valence-corrected chi connectivity index (χ4v) is 2.74. The van der Waals surface area contributed by atoms with Gasteiger partial charge in [-0.2, -0.15) is 5.10 Å². The molecule has 0 aliphatic carbocycles. The van der Waals surface area contributed by atoms with Crippen molar-refractivity contribution < 1.29 is 19.4 Å². The summed E-state index contributed by atoms with van der Waals surface area (Å²) in [5, 5.41) is 13.8. The number of nitrogens with zero attached hydrogens (tertiary/aromatic N) is 1. The van der Waals surface area contributed by atoms with Gasteiger partial charge in [0, 0.05) is 5.56 Å². The minimum Gasteiger partial charge on any atom is -0.504 e. The SMILES string of the molecule is COc1cccc(C=NNC(=O)COc2ccc(C(C)(C)C)cc2Br)c1O. The number of carbonyl (C=O) groups is 1. The number of ether oxygens (including phenoxy) is 2. The number of aromatic hydroxyl groups is 1. The lowest BCUT2D eigenvalue weighted by atomic mass is 9.87. The van der Waals surface area contributed by atoms with Crippen LogP contribution in [0.1, 0.15) is 31.9 Å². The smallest absolute Gasteiger partial charge is 0.277 e. The quantitative estimate of drug-likeness (QED) is 0.531. The van der Waals surface area contributed by atoms with E-state index < -0.39 is 5.91 Å². The third-order valence-corrected chi connectivity index (χ3v) is 4.42. The van der Waals surface area contributed by atoms with Crippen molar-refractivity contribution in [1.82, 2.24) is 5.43 Å². The number of methoxy groups -OCH3 is 1. The van der Waals surface area contributed by atoms with Crippen molar-refractivity contribution >= 4 is 28.1 Å². The molecule has 0 aliphatic heterocycles. The summed E-state index contributed by atoms with van der Waals surface area (Å²) in [6.07, 6.45) is 1.34. The molecule has 0 saturated carbocycles. The van der Waals surface area contributed by atoms with E-state index in [1.807, 2.05) is 18.2 Å². The van der Waals surface area contributed by atoms with Gasteiger partial charge in [0.15, 0.2) is 18.1 Å². The average molecular weight is 435 g/mol. The maximum atomic E-state index is 11.9. The highest BCUT2D eigenvalue weighted by molar-refractivity contribution is 9.10. The monoisotopic (exact) mass is 434 g/mol. The Morgan fingerprint density at radius 3 is 2.63 bits per heavy atom. The van der Waals surface area contributed by atoms with Gasteiger partial charge in [0.1, 0.15) is 5.75 Å². The highest BCUT2D eigenvalue weighted by Gasteiger charge is 2.15. The van der Waals surface area contributed by atoms with E-state index in [2.05, 4.69) is 47.2 Å². The van der Waals surface area contributed by atoms with Crippen LogP contribution in [-0.4, -0.2) is 30.9 Å². The maximum absolute atomic E-state index is 11.9. The largest absolute Gasteiger partial charge is 0.504 e. The van der Waals surface area contributed by atoms with E-state index in [0.717, 1.165) is 10.0 Å². The second-order valence-electron chi connectivity index (χ2n) is 6.88. The normalized spacial score (nSPS) is 11.4. The molecule has 2 rings (SSSR count). The molecule has 2 N–H and O–H groups in total. The first-order valence-electron chi connectivity index (χ1n) is 8.33. The molecule has 0 saturated heterocycles. The highest BCUT2D eigenvalue weighted by atomic mass is 79.9. The number of amides is 1. The summed E-state index contributed by atoms with van der Waals surface area (Å²) in [5.74, 6) is 0.447. The standard InChI is InChI=1S/C20H23BrN2O4/c1-20(2,3)14-8-9-16(15(21)10-14)27-12-18(24)23-22-11-13-6-5-7-17(26-4)19(13)25/h5-11,25H,12H2,1-4H3,(H,23,24). The Morgan fingerprint density at radius 2 is 2.00 bits per heavy atom. The lowest BCUT2D eigenvalue weighted by Crippen LogP contribution is -2.24. The van der Waals surface area contributed by atoms with Crippen molar-refractivity contribution in [2.24, 2.45) is 5.10 Å². The van der Waals surface area contributed by atoms with E-state index in [1.165, 1.54) is 13.3 Å². The van der Waals surface area contributed by atoms with Gasteiger partial charge < -0.3 is 14.6 Å². The first kappa shape index (κ1) is 20.8. The van der Waals surface area contributed by atoms with Crippen LogP contribution in [0.15, 0.2) is 46.0 Å². The molecular formula is C20H23BrN2O4. The molecule has 0 radical (unpaired) electrons. The number of hydrogen-bond donors (Lipinski definition) is 2. The average Bonchev–Trinajstić information content (AvgIpc) is 2.61. The second-order valence-corrected chi connectivity index (χ2v) is 7.73. The van der Waals surface area contributed by atoms with Gasteiger partial charge in [-0.3, -0.25) is 4.79 Å². The van der Waals surface area contributed by atoms with Crippen LogP contribution < -0.4 is 14.9 Å². The molecule has 0 spiro atoms. The third-order valence-electron chi connectivity index (χ3n) is 3.80. The number of carbonyl (C=O) groups excluding carboxylic acids is 1. The van der Waals surface area contributed by atoms with Gasteiger partial charge >= 0.3 is 0 Å². The van der Waals surface area contributed by atoms with E-state index in [0.29, 0.717) is 17.1 Å². The van der Waals surface area contributed by atoms with Gasteiger partial charge in [0.05, 0.1) is 17.8 Å². The van der Waals surface area contributed by atoms with Crippen LogP contribution in [0.25, 0.3) is 0 Å². The van der Waals surface area contributed by atoms with Crippen LogP contribution in [0.3, 0.4) is 0 Å². The Morgan fingerprint density at radius 1 is 1.26 bits per heavy atom. The Hall–Kier alpha value is -2.54. The highest BCUT2D eigenvalue weighted by Crippen LogP contribution is 2.31. The molecule has 27 heavy (non-hydrogen) atoms. The summed E-state index contributed by atoms with van der Waals surface area (Å²) in [7, 11) is 1.46. The minimum atomic E-state index is -0.416. The van der Waals surface area contributed by atoms with Crippen LogP contribution in [0.2, 0.25) is 0 Å². The minimum absolute atomic E-state index is 0.0266. The maximum Gasteiger partial charge on any atom is 0.277 e. The van der Waals surface area contributed by atoms with Crippen LogP contribution >= 0.6 is 15.9 Å². The molecule has 7 heteroatoms. The van der Waals surface area contributed by atoms with Crippen molar-refractivity contribution in [1.29, 1.82) is 0 Å². The molecule has 0 aromatic heterocycles. The third kappa shape index (κ3) is 5.72. The summed E-state index contributed by atoms with van der Waals surface area (Å²) >= 11 is 3.47. The molecule has 0 bridgehead atoms. The molecule has 2 aromatic rings. The number of hydrazone groups is 1. The molecule has 0 aliphatic rings. The number of benzene rings is 2. The van der Waals surface area contributed by atoms with E-state index in [-0.39, 0.29) is 17.8 Å². The molecule has 1 amide bonds. The zero-order chi connectivity index (χ0) is 20.0. The molecule has 0 unspecified atom stereocenters. The van der Waals surface area contributed by atoms with Crippen molar-refractivity contribution in [3.8, 4) is 17.2 Å². The molecule has 0 atom stereocenters. The van der Waals surface area contributed by atoms with Gasteiger partial charge in [0.25, 0.3) is 5.91 Å². The Bertz CT molecular complexity index is 844. The van der Waals surface area contributed by atoms with Gasteiger partial charge in [-0.25, -0.2) is 5.43 Å². The van der Waals surface area contributed by atoms with Gasteiger partial charge in [0.2, 0.25) is 0 Å². The molecule has 6 nitrogen and oxygen atoms in total. The van der Waals surface area contributed by atoms with Crippen LogP contribution in [-0.2, 0) is 10.2 Å². The lowest BCUT2D eigenvalue weighted by molar-refractivity contribution is -0.123. The fraction of sp³-hybridized carbons (Fsp3) is 0.300. The van der Waals surface area contributed by atoms with E-state index in [1.54, 1.807) is 18.2 Å². The first-order chi connectivity index (χ1) is 12.7. The number of nitrogens with one attached hydrogen (secondary N) is 1. The predicted octanol–water partition coefficient (Wildman–Crippen LogP) is 3.99. The molecule has 2 aromatic carbocycles. The lowest BCUT2D eigenvalue weighted by Gasteiger charge is -2.20. The predicted molar refractivity (Wildman–Crippen MR) is 109 cm³/mol. The molecule has 144 valence electrons. The van der Waals surface area contributed by atoms with Gasteiger partial charge in [-0.15, -0.1) is 0 Å². The first-order valence-corrected chi connectivity index (χ1v) is 9.12. The van der Waals surface area contributed by atoms with E-state index in [4.69, 9.17) is 9.47 Å². The van der Waals surface area contributed by atoms with Crippen molar-refractivity contribution in [2.45, 2.75) is 26.2 Å².